The second kappa shape index (κ2) is 30.1. The maximum absolute atomic E-state index is 14.8. The molecule has 508 valence electrons. The molecule has 21 nitrogen and oxygen atoms in total. The maximum atomic E-state index is 14.8. The third kappa shape index (κ3) is 13.1. The van der Waals surface area contributed by atoms with E-state index in [1.165, 1.54) is 36.5 Å². The fraction of sp³-hybridized carbons (Fsp3) is 0.719. The number of carbonyl (C=O) groups excluding carboxylic acids is 6. The number of carbonyl (C=O) groups is 6. The Hall–Kier alpha value is -1.01. The van der Waals surface area contributed by atoms with Crippen molar-refractivity contribution in [1.29, 1.82) is 1.43 Å². The number of aliphatic hydroxyl groups excluding tert-OH is 3. The van der Waals surface area contributed by atoms with Gasteiger partial charge < -0.3 is 74.8 Å². The summed E-state index contributed by atoms with van der Waals surface area (Å²) in [7, 11) is 4.40. The minimum absolute atomic E-state index is 0. The molecule has 4 heterocycles. The van der Waals surface area contributed by atoms with Crippen molar-refractivity contribution in [3.63, 3.8) is 0 Å². The van der Waals surface area contributed by atoms with Crippen LogP contribution < -0.4 is 10.6 Å². The molecule has 6 aliphatic carbocycles. The fourth-order valence-electron chi connectivity index (χ4n) is 17.5. The number of thiophene rings is 2. The SMILES string of the molecule is CN[C@@H](c1cccs1)[C@@H](O)C(=O)O[C@H]1C[C@@]2(O)[C@@H](C)C3[C@]4(O)CO[C@@H]4C[C@H](O)[C@@]3(C)C(=O)[C@H](OC(C)=O)C(=C1C)C2(C)C.CP=S.F.[2H]OC1C[C@H]2OC[C@@]2(O)C2[C@H](C)[C@]3(O)C[C@H](OC(=O)[C@H](C)[C@@H](NC)c4cccs4)C(C)=C([C@@H](OC(C)=O)C(=O)[C@]12C)C3(C)C.[Ac].[Ac]. The molecule has 2 aliphatic heterocycles. The molecule has 2 aromatic rings. The Labute approximate surface area is 625 Å². The van der Waals surface area contributed by atoms with E-state index in [-0.39, 0.29) is 143 Å². The molecule has 22 atom stereocenters. The Bertz CT molecular complexity index is 3170. The Morgan fingerprint density at radius 3 is 1.40 bits per heavy atom. The average molecular weight is 1790 g/mol. The van der Waals surface area contributed by atoms with Crippen molar-refractivity contribution in [1.82, 2.24) is 10.6 Å². The Morgan fingerprint density at radius 2 is 1.07 bits per heavy atom. The Morgan fingerprint density at radius 1 is 0.696 bits per heavy atom. The number of esters is 4. The molecule has 2 radical (unpaired) electrons. The van der Waals surface area contributed by atoms with E-state index in [2.05, 4.69) is 22.4 Å². The average Bonchev–Trinajstić information content (AvgIpc) is 0.900. The Kier molecular flexibility index (Phi) is 26.1. The van der Waals surface area contributed by atoms with E-state index in [4.69, 9.17) is 35.0 Å². The second-order valence-electron chi connectivity index (χ2n) is 27.4. The first-order valence-corrected chi connectivity index (χ1v) is 34.5. The van der Waals surface area contributed by atoms with Gasteiger partial charge in [-0.1, -0.05) is 72.4 Å². The molecule has 0 aromatic carbocycles. The van der Waals surface area contributed by atoms with E-state index in [1.54, 1.807) is 102 Å². The summed E-state index contributed by atoms with van der Waals surface area (Å²) in [6.07, 6.45) is -10.3. The van der Waals surface area contributed by atoms with Crippen LogP contribution in [0.15, 0.2) is 57.3 Å². The summed E-state index contributed by atoms with van der Waals surface area (Å²) in [6, 6.07) is 6.41. The number of aliphatic hydroxyl groups is 7. The molecule has 0 amide bonds. The molecular weight excluding hydrogens is 1700 g/mol. The van der Waals surface area contributed by atoms with E-state index in [1.807, 2.05) is 29.6 Å². The van der Waals surface area contributed by atoms with Crippen molar-refractivity contribution in [2.24, 2.45) is 51.2 Å². The first-order valence-electron chi connectivity index (χ1n) is 30.8. The zero-order valence-electron chi connectivity index (χ0n) is 56.2. The van der Waals surface area contributed by atoms with Crippen molar-refractivity contribution < 1.29 is 186 Å². The number of rotatable bonds is 13. The van der Waals surface area contributed by atoms with Crippen molar-refractivity contribution in [2.75, 3.05) is 34.0 Å². The summed E-state index contributed by atoms with van der Waals surface area (Å²) in [6.45, 7) is 23.1. The molecular formula is C64H92Ac2FN2O19PS3. The molecule has 8 aliphatic rings. The fourth-order valence-corrected chi connectivity index (χ4v) is 19.3. The van der Waals surface area contributed by atoms with Crippen LogP contribution in [0, 0.1) is 139 Å². The third-order valence-corrected chi connectivity index (χ3v) is 24.4. The van der Waals surface area contributed by atoms with E-state index >= 15 is 0 Å². The largest absolute Gasteiger partial charge is 0.457 e. The summed E-state index contributed by atoms with van der Waals surface area (Å²) in [5.74, 6) is -8.11. The quantitative estimate of drug-likeness (QED) is 0.0531. The number of ketones is 2. The van der Waals surface area contributed by atoms with Crippen LogP contribution in [0.2, 0.25) is 0 Å². The molecule has 6 fully saturated rings. The van der Waals surface area contributed by atoms with Gasteiger partial charge in [0.05, 0.1) is 77.7 Å². The van der Waals surface area contributed by atoms with Crippen LogP contribution in [0.4, 0.5) is 4.70 Å². The van der Waals surface area contributed by atoms with E-state index in [9.17, 15) is 59.4 Å². The number of halogens is 1. The number of hydrogen-bond acceptors (Lipinski definition) is 24. The summed E-state index contributed by atoms with van der Waals surface area (Å²) >= 11 is 7.26. The van der Waals surface area contributed by atoms with Crippen LogP contribution >= 0.6 is 30.0 Å². The third-order valence-electron chi connectivity index (χ3n) is 22.5. The van der Waals surface area contributed by atoms with Gasteiger partial charge in [0.1, 0.15) is 23.4 Å². The predicted octanol–water partition coefficient (Wildman–Crippen LogP) is 5.30. The maximum Gasteiger partial charge on any atom is 0.337 e. The molecule has 3 unspecified atom stereocenters. The summed E-state index contributed by atoms with van der Waals surface area (Å²) < 4.78 is 42.9. The van der Waals surface area contributed by atoms with Crippen LogP contribution in [0.5, 0.6) is 0 Å². The van der Waals surface area contributed by atoms with Crippen LogP contribution in [0.25, 0.3) is 0 Å². The van der Waals surface area contributed by atoms with Crippen molar-refractivity contribution in [3.8, 4) is 0 Å². The standard InChI is InChI=1S/C32H45NO9S.C31H43NO10S.CH3PS.2Ac.FH/c1-15-19(42-28(37)16(2)24(33-8)20-10-9-11-43-20)13-32(39)17(3)26-30(7,21(35)12-22-31(26,38)14-40-22)27(36)25(41-18(4)34)23(15)29(32,5)6;1-14-17(42-27(37)23(35)22(32-7)18-9-8-10-43-18)12-31(39)15(2)25-29(6,19(34)11-20-30(25,38)13-40-20)26(36)24(41-16(3)33)21(14)28(31,4)5;1-2-3;;;/h9-11,16-17,19,21-22,24-26,33,35,38-39H,12-14H2,1-8H3;8-10,15,17,19-20,22-25,32,34-35,38-39H,11-13H2,1-7H3;1H3;;;1H/t16-,17+,19+,21?,22-,24-,25-,26?,30-,31+,32-;15-,17-,19-,20+,22-,23+,24+,25?,29+,30-,31+;;;;/m10..../s1/i35D;;;;;. The van der Waals surface area contributed by atoms with E-state index in [0.29, 0.717) is 16.7 Å². The van der Waals surface area contributed by atoms with Crippen LogP contribution in [-0.2, 0) is 69.0 Å². The number of ether oxygens (including phenoxy) is 6. The molecule has 28 heteroatoms. The van der Waals surface area contributed by atoms with Gasteiger partial charge in [0.2, 0.25) is 1.43 Å². The minimum atomic E-state index is -1.73. The van der Waals surface area contributed by atoms with Gasteiger partial charge in [0.25, 0.3) is 0 Å². The smallest absolute Gasteiger partial charge is 0.337 e. The second-order valence-corrected chi connectivity index (χ2v) is 30.8. The molecule has 2 saturated heterocycles. The van der Waals surface area contributed by atoms with Gasteiger partial charge in [-0.3, -0.25) is 28.7 Å². The molecule has 9 N–H and O–H groups in total. The zero-order chi connectivity index (χ0) is 67.1. The first kappa shape index (κ1) is 80.0. The molecule has 4 bridgehead atoms. The van der Waals surface area contributed by atoms with Gasteiger partial charge >= 0.3 is 23.9 Å². The van der Waals surface area contributed by atoms with Gasteiger partial charge in [-0.2, -0.15) is 0 Å². The van der Waals surface area contributed by atoms with Crippen LogP contribution in [-0.4, -0.2) is 184 Å². The van der Waals surface area contributed by atoms with Crippen molar-refractivity contribution in [2.45, 2.75) is 205 Å². The Balaban J connectivity index is 0.000000314. The topological polar surface area (TPSA) is 323 Å². The van der Waals surface area contributed by atoms with Gasteiger partial charge in [0, 0.05) is 160 Å². The molecule has 0 spiro atoms. The number of nitrogens with one attached hydrogen (secondary N) is 2. The van der Waals surface area contributed by atoms with Crippen LogP contribution in [0.3, 0.4) is 0 Å². The van der Waals surface area contributed by atoms with Gasteiger partial charge in [0.15, 0.2) is 29.9 Å². The van der Waals surface area contributed by atoms with Gasteiger partial charge in [-0.25, -0.2) is 4.79 Å². The van der Waals surface area contributed by atoms with E-state index < -0.39 is 170 Å². The monoisotopic (exact) mass is 1790 g/mol. The summed E-state index contributed by atoms with van der Waals surface area (Å²) in [4.78, 5) is 83.3. The normalized spacial score (nSPS) is 39.2. The molecule has 92 heavy (non-hydrogen) atoms. The number of Topliss-reactive ketones (excluding diaryl/α,β-unsaturated/α-hetero) is 2. The van der Waals surface area contributed by atoms with Gasteiger partial charge in [-0.05, 0) is 113 Å². The molecule has 2 aromatic heterocycles. The van der Waals surface area contributed by atoms with Crippen molar-refractivity contribution in [3.05, 3.63) is 67.1 Å². The summed E-state index contributed by atoms with van der Waals surface area (Å²) in [5.41, 5.74) is -10.4. The number of fused-ring (bicyclic) bond motifs is 10. The molecule has 10 rings (SSSR count). The van der Waals surface area contributed by atoms with Gasteiger partial charge in [-0.15, -0.1) is 22.7 Å². The first-order chi connectivity index (χ1) is 41.9. The number of likely N-dealkylation sites (N-methyl/N-ethyl adjacent to an activating group) is 1. The zero-order valence-corrected chi connectivity index (χ0v) is 68.0. The molecule has 4 saturated carbocycles. The predicted molar refractivity (Wildman–Crippen MR) is 335 cm³/mol. The number of hydrogen-bond donors (Lipinski definition) is 9. The van der Waals surface area contributed by atoms with E-state index in [0.717, 1.165) is 17.1 Å². The van der Waals surface area contributed by atoms with Crippen molar-refractivity contribution >= 4 is 77.3 Å². The van der Waals surface area contributed by atoms with Crippen LogP contribution in [0.1, 0.15) is 138 Å². The summed E-state index contributed by atoms with van der Waals surface area (Å²) in [5, 5.41) is 87.2. The minimum Gasteiger partial charge on any atom is -0.457 e.